The lowest BCUT2D eigenvalue weighted by Crippen LogP contribution is -2.49. The Kier molecular flexibility index (Phi) is 2.02. The molecule has 0 amide bonds. The van der Waals surface area contributed by atoms with E-state index in [1.807, 2.05) is 6.92 Å². The summed E-state index contributed by atoms with van der Waals surface area (Å²) in [5.41, 5.74) is 6.65. The molecule has 3 nitrogen and oxygen atoms in total. The van der Waals surface area contributed by atoms with Crippen LogP contribution in [0.2, 0.25) is 0 Å². The second kappa shape index (κ2) is 3.03. The van der Waals surface area contributed by atoms with Gasteiger partial charge in [-0.1, -0.05) is 0 Å². The van der Waals surface area contributed by atoms with E-state index in [2.05, 4.69) is 15.3 Å². The van der Waals surface area contributed by atoms with E-state index in [0.717, 1.165) is 30.5 Å². The molecule has 0 bridgehead atoms. The van der Waals surface area contributed by atoms with E-state index in [0.29, 0.717) is 5.92 Å². The molecule has 2 N–H and O–H groups in total. The molecule has 0 aromatic carbocycles. The van der Waals surface area contributed by atoms with Crippen molar-refractivity contribution in [2.24, 2.45) is 11.7 Å². The van der Waals surface area contributed by atoms with Crippen molar-refractivity contribution in [3.8, 4) is 0 Å². The third-order valence-corrected chi connectivity index (χ3v) is 3.19. The van der Waals surface area contributed by atoms with E-state index in [-0.39, 0.29) is 0 Å². The number of hydrogen-bond donors (Lipinski definition) is 1. The van der Waals surface area contributed by atoms with Gasteiger partial charge in [-0.25, -0.2) is 4.98 Å². The van der Waals surface area contributed by atoms with Crippen LogP contribution in [0.1, 0.15) is 5.69 Å². The number of hydrogen-bond acceptors (Lipinski definition) is 4. The summed E-state index contributed by atoms with van der Waals surface area (Å²) < 4.78 is 0. The number of aryl methyl sites for hydroxylation is 1. The fourth-order valence-corrected chi connectivity index (χ4v) is 2.19. The van der Waals surface area contributed by atoms with E-state index >= 15 is 0 Å². The minimum Gasteiger partial charge on any atom is -0.347 e. The maximum Gasteiger partial charge on any atom is 0.185 e. The van der Waals surface area contributed by atoms with Crippen LogP contribution in [0.4, 0.5) is 5.13 Å². The van der Waals surface area contributed by atoms with Crippen molar-refractivity contribution in [3.05, 3.63) is 11.1 Å². The molecule has 66 valence electrons. The maximum atomic E-state index is 5.54. The van der Waals surface area contributed by atoms with Crippen LogP contribution in [0.25, 0.3) is 0 Å². The molecule has 0 aliphatic carbocycles. The van der Waals surface area contributed by atoms with E-state index in [9.17, 15) is 0 Å². The molecule has 2 heterocycles. The van der Waals surface area contributed by atoms with Gasteiger partial charge >= 0.3 is 0 Å². The summed E-state index contributed by atoms with van der Waals surface area (Å²) in [6.45, 7) is 5.01. The van der Waals surface area contributed by atoms with Crippen molar-refractivity contribution >= 4 is 16.5 Å². The third-order valence-electron chi connectivity index (χ3n) is 2.17. The lowest BCUT2D eigenvalue weighted by Gasteiger charge is -2.38. The van der Waals surface area contributed by atoms with Gasteiger partial charge in [0.2, 0.25) is 0 Å². The topological polar surface area (TPSA) is 42.1 Å². The predicted octanol–water partition coefficient (Wildman–Crippen LogP) is 0.846. The predicted molar refractivity (Wildman–Crippen MR) is 51.6 cm³/mol. The van der Waals surface area contributed by atoms with Gasteiger partial charge < -0.3 is 10.6 Å². The van der Waals surface area contributed by atoms with E-state index in [4.69, 9.17) is 5.73 Å². The summed E-state index contributed by atoms with van der Waals surface area (Å²) in [6, 6.07) is 0. The van der Waals surface area contributed by atoms with Gasteiger partial charge in [-0.3, -0.25) is 0 Å². The van der Waals surface area contributed by atoms with Crippen molar-refractivity contribution in [2.75, 3.05) is 24.5 Å². The normalized spacial score (nSPS) is 18.0. The molecule has 1 aromatic rings. The number of thiazole rings is 1. The van der Waals surface area contributed by atoms with Gasteiger partial charge in [-0.05, 0) is 13.5 Å². The summed E-state index contributed by atoms with van der Waals surface area (Å²) in [4.78, 5) is 6.69. The molecule has 4 heteroatoms. The standard InChI is InChI=1S/C8H13N3S/c1-6-5-12-8(10-6)11-3-7(2-9)4-11/h5,7H,2-4,9H2,1H3. The molecule has 1 saturated heterocycles. The van der Waals surface area contributed by atoms with Crippen LogP contribution in [0.15, 0.2) is 5.38 Å². The Hall–Kier alpha value is -0.610. The summed E-state index contributed by atoms with van der Waals surface area (Å²) in [6.07, 6.45) is 0. The smallest absolute Gasteiger partial charge is 0.185 e. The monoisotopic (exact) mass is 183 g/mol. The minimum atomic E-state index is 0.689. The first-order valence-electron chi connectivity index (χ1n) is 4.16. The third kappa shape index (κ3) is 1.32. The molecule has 1 fully saturated rings. The first-order chi connectivity index (χ1) is 5.79. The number of aromatic nitrogens is 1. The van der Waals surface area contributed by atoms with E-state index < -0.39 is 0 Å². The zero-order chi connectivity index (χ0) is 8.55. The lowest BCUT2D eigenvalue weighted by molar-refractivity contribution is 0.419. The molecule has 0 spiro atoms. The van der Waals surface area contributed by atoms with Crippen LogP contribution in [-0.4, -0.2) is 24.6 Å². The average molecular weight is 183 g/mol. The number of nitrogens with zero attached hydrogens (tertiary/aromatic N) is 2. The van der Waals surface area contributed by atoms with E-state index in [1.54, 1.807) is 11.3 Å². The second-order valence-electron chi connectivity index (χ2n) is 3.28. The summed E-state index contributed by atoms with van der Waals surface area (Å²) in [5, 5.41) is 3.24. The van der Waals surface area contributed by atoms with Crippen molar-refractivity contribution in [2.45, 2.75) is 6.92 Å². The highest BCUT2D eigenvalue weighted by Gasteiger charge is 2.26. The van der Waals surface area contributed by atoms with Gasteiger partial charge in [0.15, 0.2) is 5.13 Å². The molecule has 1 aromatic heterocycles. The SMILES string of the molecule is Cc1csc(N2CC(CN)C2)n1. The zero-order valence-electron chi connectivity index (χ0n) is 7.16. The Morgan fingerprint density at radius 2 is 2.50 bits per heavy atom. The Morgan fingerprint density at radius 3 is 3.00 bits per heavy atom. The summed E-state index contributed by atoms with van der Waals surface area (Å²) in [7, 11) is 0. The molecule has 2 rings (SSSR count). The molecule has 1 aliphatic heterocycles. The van der Waals surface area contributed by atoms with Gasteiger partial charge in [0.1, 0.15) is 0 Å². The molecule has 0 unspecified atom stereocenters. The van der Waals surface area contributed by atoms with Crippen LogP contribution in [0.5, 0.6) is 0 Å². The van der Waals surface area contributed by atoms with Crippen LogP contribution < -0.4 is 10.6 Å². The van der Waals surface area contributed by atoms with Gasteiger partial charge in [0, 0.05) is 24.4 Å². The average Bonchev–Trinajstić information content (AvgIpc) is 2.34. The van der Waals surface area contributed by atoms with Crippen molar-refractivity contribution < 1.29 is 0 Å². The lowest BCUT2D eigenvalue weighted by atomic mass is 10.0. The molecule has 0 saturated carbocycles. The molecule has 12 heavy (non-hydrogen) atoms. The van der Waals surface area contributed by atoms with Gasteiger partial charge in [-0.15, -0.1) is 11.3 Å². The summed E-state index contributed by atoms with van der Waals surface area (Å²) >= 11 is 1.72. The largest absolute Gasteiger partial charge is 0.347 e. The first-order valence-corrected chi connectivity index (χ1v) is 5.04. The molecule has 1 aliphatic rings. The van der Waals surface area contributed by atoms with Crippen molar-refractivity contribution in [1.29, 1.82) is 0 Å². The van der Waals surface area contributed by atoms with Crippen LogP contribution in [0.3, 0.4) is 0 Å². The van der Waals surface area contributed by atoms with E-state index in [1.165, 1.54) is 0 Å². The fraction of sp³-hybridized carbons (Fsp3) is 0.625. The fourth-order valence-electron chi connectivity index (χ4n) is 1.36. The Balaban J connectivity index is 1.96. The van der Waals surface area contributed by atoms with Gasteiger partial charge in [0.25, 0.3) is 0 Å². The highest BCUT2D eigenvalue weighted by atomic mass is 32.1. The second-order valence-corrected chi connectivity index (χ2v) is 4.11. The van der Waals surface area contributed by atoms with Crippen molar-refractivity contribution in [1.82, 2.24) is 4.98 Å². The van der Waals surface area contributed by atoms with Crippen molar-refractivity contribution in [3.63, 3.8) is 0 Å². The molecule has 0 atom stereocenters. The van der Waals surface area contributed by atoms with Crippen LogP contribution >= 0.6 is 11.3 Å². The molecular formula is C8H13N3S. The van der Waals surface area contributed by atoms with Gasteiger partial charge in [-0.2, -0.15) is 0 Å². The van der Waals surface area contributed by atoms with Gasteiger partial charge in [0.05, 0.1) is 5.69 Å². The molecular weight excluding hydrogens is 170 g/mol. The first kappa shape index (κ1) is 8.01. The highest BCUT2D eigenvalue weighted by molar-refractivity contribution is 7.13. The van der Waals surface area contributed by atoms with Crippen LogP contribution in [0, 0.1) is 12.8 Å². The summed E-state index contributed by atoms with van der Waals surface area (Å²) in [5.74, 6) is 0.689. The highest BCUT2D eigenvalue weighted by Crippen LogP contribution is 2.26. The number of nitrogens with two attached hydrogens (primary N) is 1. The maximum absolute atomic E-state index is 5.54. The number of anilines is 1. The minimum absolute atomic E-state index is 0.689. The Morgan fingerprint density at radius 1 is 1.75 bits per heavy atom. The zero-order valence-corrected chi connectivity index (χ0v) is 7.97. The molecule has 0 radical (unpaired) electrons. The van der Waals surface area contributed by atoms with Crippen LogP contribution in [-0.2, 0) is 0 Å². The Labute approximate surface area is 76.2 Å². The Bertz CT molecular complexity index is 265. The number of rotatable bonds is 2. The quantitative estimate of drug-likeness (QED) is 0.739.